The summed E-state index contributed by atoms with van der Waals surface area (Å²) in [7, 11) is 1.64. The Kier molecular flexibility index (Phi) is 8.13. The number of fused-ring (bicyclic) bond motifs is 1. The molecule has 2 N–H and O–H groups in total. The maximum atomic E-state index is 12.5. The van der Waals surface area contributed by atoms with E-state index < -0.39 is 12.3 Å². The molecule has 1 amide bonds. The number of rotatable bonds is 12. The third kappa shape index (κ3) is 6.79. The van der Waals surface area contributed by atoms with Crippen LogP contribution in [0.1, 0.15) is 59.0 Å². The lowest BCUT2D eigenvalue weighted by Crippen LogP contribution is -2.23. The van der Waals surface area contributed by atoms with Crippen molar-refractivity contribution in [3.8, 4) is 22.8 Å². The van der Waals surface area contributed by atoms with Gasteiger partial charge in [-0.15, -0.1) is 23.4 Å². The summed E-state index contributed by atoms with van der Waals surface area (Å²) >= 11 is 0. The van der Waals surface area contributed by atoms with E-state index in [1.807, 2.05) is 12.1 Å². The van der Waals surface area contributed by atoms with Crippen molar-refractivity contribution in [2.45, 2.75) is 57.5 Å². The molecule has 1 aromatic carbocycles. The van der Waals surface area contributed by atoms with Crippen LogP contribution in [0.15, 0.2) is 54.9 Å². The number of halogens is 3. The highest BCUT2D eigenvalue weighted by Gasteiger charge is 2.32. The van der Waals surface area contributed by atoms with E-state index in [1.54, 1.807) is 24.1 Å². The van der Waals surface area contributed by atoms with E-state index in [-0.39, 0.29) is 18.0 Å². The molecular formula is C30H29F3N8O3. The number of hydrogen-bond donors (Lipinski definition) is 2. The molecule has 6 rings (SSSR count). The van der Waals surface area contributed by atoms with Gasteiger partial charge in [-0.2, -0.15) is 5.10 Å². The smallest absolute Gasteiger partial charge is 0.494 e. The second-order valence-corrected chi connectivity index (χ2v) is 10.5. The monoisotopic (exact) mass is 606 g/mol. The summed E-state index contributed by atoms with van der Waals surface area (Å²) in [4.78, 5) is 20.6. The number of nitrogens with one attached hydrogen (secondary N) is 2. The average Bonchev–Trinajstić information content (AvgIpc) is 3.62. The van der Waals surface area contributed by atoms with Crippen LogP contribution in [0, 0.1) is 0 Å². The van der Waals surface area contributed by atoms with Gasteiger partial charge in [-0.25, -0.2) is 0 Å². The van der Waals surface area contributed by atoms with Crippen LogP contribution in [-0.4, -0.2) is 54.5 Å². The number of aryl methyl sites for hydroxylation is 2. The highest BCUT2D eigenvalue weighted by atomic mass is 19.4. The maximum Gasteiger partial charge on any atom is 0.573 e. The molecule has 1 aliphatic rings. The van der Waals surface area contributed by atoms with Gasteiger partial charge in [-0.05, 0) is 73.9 Å². The number of hydrogen-bond acceptors (Lipinski definition) is 8. The predicted octanol–water partition coefficient (Wildman–Crippen LogP) is 5.35. The van der Waals surface area contributed by atoms with Gasteiger partial charge in [0.15, 0.2) is 11.3 Å². The highest BCUT2D eigenvalue weighted by Crippen LogP contribution is 2.47. The molecule has 0 aliphatic heterocycles. The van der Waals surface area contributed by atoms with Crippen molar-refractivity contribution < 1.29 is 27.4 Å². The van der Waals surface area contributed by atoms with Gasteiger partial charge >= 0.3 is 6.36 Å². The van der Waals surface area contributed by atoms with Gasteiger partial charge in [-0.1, -0.05) is 17.3 Å². The first-order valence-electron chi connectivity index (χ1n) is 14.2. The molecule has 44 heavy (non-hydrogen) atoms. The fraction of sp³-hybridized carbons (Fsp3) is 0.333. The van der Waals surface area contributed by atoms with Crippen LogP contribution in [0.3, 0.4) is 0 Å². The lowest BCUT2D eigenvalue weighted by atomic mass is 10.0. The van der Waals surface area contributed by atoms with Gasteiger partial charge < -0.3 is 19.8 Å². The summed E-state index contributed by atoms with van der Waals surface area (Å²) in [5, 5.41) is 20.5. The van der Waals surface area contributed by atoms with Crippen molar-refractivity contribution in [1.29, 1.82) is 0 Å². The number of methoxy groups -OCH3 is 1. The summed E-state index contributed by atoms with van der Waals surface area (Å²) in [5.74, 6) is 0.317. The Hall–Kier alpha value is -5.01. The van der Waals surface area contributed by atoms with Crippen molar-refractivity contribution in [2.75, 3.05) is 7.11 Å². The van der Waals surface area contributed by atoms with Crippen LogP contribution in [0.4, 0.5) is 13.2 Å². The Labute approximate surface area is 249 Å². The minimum atomic E-state index is -4.79. The molecule has 4 heterocycles. The van der Waals surface area contributed by atoms with Crippen molar-refractivity contribution in [3.05, 3.63) is 77.5 Å². The van der Waals surface area contributed by atoms with Crippen molar-refractivity contribution >= 4 is 16.9 Å². The summed E-state index contributed by atoms with van der Waals surface area (Å²) in [6, 6.07) is 11.2. The molecule has 5 aromatic rings. The summed E-state index contributed by atoms with van der Waals surface area (Å²) in [5.41, 5.74) is 5.08. The average molecular weight is 607 g/mol. The van der Waals surface area contributed by atoms with E-state index >= 15 is 0 Å². The number of carbonyl (C=O) groups is 1. The quantitative estimate of drug-likeness (QED) is 0.182. The summed E-state index contributed by atoms with van der Waals surface area (Å²) in [6.07, 6.45) is 3.02. The van der Waals surface area contributed by atoms with E-state index in [1.165, 1.54) is 24.4 Å². The molecule has 1 fully saturated rings. The van der Waals surface area contributed by atoms with Gasteiger partial charge in [0.05, 0.1) is 19.0 Å². The molecule has 0 bridgehead atoms. The Bertz CT molecular complexity index is 1780. The topological polar surface area (TPSA) is 133 Å². The van der Waals surface area contributed by atoms with Crippen molar-refractivity contribution in [2.24, 2.45) is 0 Å². The predicted molar refractivity (Wildman–Crippen MR) is 153 cm³/mol. The second-order valence-electron chi connectivity index (χ2n) is 10.5. The molecule has 1 saturated carbocycles. The summed E-state index contributed by atoms with van der Waals surface area (Å²) < 4.78 is 48.5. The Morgan fingerprint density at radius 1 is 1.11 bits per heavy atom. The molecule has 228 valence electrons. The zero-order chi connectivity index (χ0) is 30.7. The first-order chi connectivity index (χ1) is 21.3. The second kappa shape index (κ2) is 12.3. The molecule has 0 unspecified atom stereocenters. The number of H-pyrrole nitrogens is 1. The summed E-state index contributed by atoms with van der Waals surface area (Å²) in [6.45, 7) is 0.545. The normalized spacial score (nSPS) is 13.3. The van der Waals surface area contributed by atoms with Gasteiger partial charge in [0, 0.05) is 35.9 Å². The number of unbranched alkanes of at least 4 members (excludes halogenated alkanes) is 1. The fourth-order valence-electron chi connectivity index (χ4n) is 5.07. The molecule has 0 atom stereocenters. The molecular weight excluding hydrogens is 577 g/mol. The lowest BCUT2D eigenvalue weighted by molar-refractivity contribution is -0.274. The number of carbonyl (C=O) groups excluding carboxylic acids is 1. The number of aromatic amines is 1. The van der Waals surface area contributed by atoms with Crippen LogP contribution in [0.25, 0.3) is 22.3 Å². The number of benzene rings is 1. The molecule has 14 heteroatoms. The van der Waals surface area contributed by atoms with Crippen LogP contribution in [-0.2, 0) is 19.5 Å². The molecule has 0 saturated heterocycles. The number of amides is 1. The maximum absolute atomic E-state index is 12.5. The first-order valence-corrected chi connectivity index (χ1v) is 14.2. The van der Waals surface area contributed by atoms with Crippen molar-refractivity contribution in [3.63, 3.8) is 0 Å². The van der Waals surface area contributed by atoms with E-state index in [2.05, 4.69) is 46.6 Å². The van der Waals surface area contributed by atoms with Gasteiger partial charge in [-0.3, -0.25) is 14.5 Å². The number of nitrogens with zero attached hydrogens (tertiary/aromatic N) is 6. The highest BCUT2D eigenvalue weighted by molar-refractivity contribution is 5.96. The number of pyridine rings is 1. The molecule has 0 spiro atoms. The van der Waals surface area contributed by atoms with Gasteiger partial charge in [0.1, 0.15) is 17.2 Å². The largest absolute Gasteiger partial charge is 0.573 e. The Balaban J connectivity index is 1.04. The molecule has 11 nitrogen and oxygen atoms in total. The van der Waals surface area contributed by atoms with E-state index in [9.17, 15) is 18.0 Å². The van der Waals surface area contributed by atoms with Crippen LogP contribution in [0.5, 0.6) is 11.5 Å². The molecule has 1 aliphatic carbocycles. The SMILES string of the molecule is COc1cccnc1-c1c(C2CC2)[nH]c2nnc(CCCCn3cc(C(=O)NCc4cccc(OC(F)(F)F)c4)nn3)cc12. The number of alkyl halides is 3. The van der Waals surface area contributed by atoms with Gasteiger partial charge in [0.2, 0.25) is 0 Å². The minimum Gasteiger partial charge on any atom is -0.494 e. The van der Waals surface area contributed by atoms with E-state index in [0.717, 1.165) is 59.4 Å². The number of aromatic nitrogens is 7. The lowest BCUT2D eigenvalue weighted by Gasteiger charge is -2.10. The number of ether oxygens (including phenoxy) is 2. The van der Waals surface area contributed by atoms with E-state index in [4.69, 9.17) is 4.74 Å². The molecule has 4 aromatic heterocycles. The zero-order valence-corrected chi connectivity index (χ0v) is 23.8. The third-order valence-corrected chi connectivity index (χ3v) is 7.28. The Morgan fingerprint density at radius 2 is 1.98 bits per heavy atom. The zero-order valence-electron chi connectivity index (χ0n) is 23.8. The van der Waals surface area contributed by atoms with Gasteiger partial charge in [0.25, 0.3) is 5.91 Å². The first kappa shape index (κ1) is 29.1. The fourth-order valence-corrected chi connectivity index (χ4v) is 5.07. The molecule has 0 radical (unpaired) electrons. The minimum absolute atomic E-state index is 0.00422. The van der Waals surface area contributed by atoms with E-state index in [0.29, 0.717) is 30.2 Å². The van der Waals surface area contributed by atoms with Crippen LogP contribution < -0.4 is 14.8 Å². The van der Waals surface area contributed by atoms with Crippen molar-refractivity contribution in [1.82, 2.24) is 40.5 Å². The standard InChI is InChI=1S/C30H29F3N8O3/c1-43-24-9-5-12-34-27(24)25-22-15-20(37-39-28(22)36-26(25)19-10-11-19)7-2-3-13-41-17-23(38-40-41)29(42)35-16-18-6-4-8-21(14-18)44-30(31,32)33/h4-6,8-9,12,14-15,17,19H,2-3,7,10-11,13,16H2,1H3,(H,35,42)(H,36,39). The third-order valence-electron chi connectivity index (χ3n) is 7.28. The van der Waals surface area contributed by atoms with Crippen LogP contribution >= 0.6 is 0 Å². The Morgan fingerprint density at radius 3 is 2.77 bits per heavy atom. The van der Waals surface area contributed by atoms with Crippen LogP contribution in [0.2, 0.25) is 0 Å².